The van der Waals surface area contributed by atoms with E-state index in [2.05, 4.69) is 30.4 Å². The van der Waals surface area contributed by atoms with Crippen LogP contribution in [-0.4, -0.2) is 6.61 Å². The second kappa shape index (κ2) is 4.46. The van der Waals surface area contributed by atoms with Gasteiger partial charge in [0, 0.05) is 17.5 Å². The molecule has 0 spiro atoms. The first-order chi connectivity index (χ1) is 8.43. The van der Waals surface area contributed by atoms with Crippen LogP contribution in [0, 0.1) is 6.07 Å². The van der Waals surface area contributed by atoms with Crippen molar-refractivity contribution >= 4 is 12.2 Å². The van der Waals surface area contributed by atoms with Crippen LogP contribution < -0.4 is 4.74 Å². The van der Waals surface area contributed by atoms with Gasteiger partial charge in [-0.15, -0.1) is 0 Å². The van der Waals surface area contributed by atoms with Gasteiger partial charge in [0.15, 0.2) is 0 Å². The van der Waals surface area contributed by atoms with Crippen molar-refractivity contribution in [1.82, 2.24) is 0 Å². The lowest BCUT2D eigenvalue weighted by Gasteiger charge is -2.02. The van der Waals surface area contributed by atoms with Crippen molar-refractivity contribution < 1.29 is 4.74 Å². The summed E-state index contributed by atoms with van der Waals surface area (Å²) in [6.45, 7) is 0.780. The van der Waals surface area contributed by atoms with Gasteiger partial charge in [-0.1, -0.05) is 54.6 Å². The minimum Gasteiger partial charge on any atom is -0.492 e. The van der Waals surface area contributed by atoms with Crippen LogP contribution in [0.5, 0.6) is 5.75 Å². The Morgan fingerprint density at radius 3 is 2.82 bits per heavy atom. The topological polar surface area (TPSA) is 9.23 Å². The minimum atomic E-state index is 0.780. The molecule has 83 valence electrons. The lowest BCUT2D eigenvalue weighted by Crippen LogP contribution is -1.87. The van der Waals surface area contributed by atoms with Crippen LogP contribution in [0.2, 0.25) is 0 Å². The first-order valence-corrected chi connectivity index (χ1v) is 5.83. The van der Waals surface area contributed by atoms with Crippen LogP contribution in [0.1, 0.15) is 16.7 Å². The fourth-order valence-electron chi connectivity index (χ4n) is 2.04. The number of fused-ring (bicyclic) bond motifs is 1. The molecule has 1 radical (unpaired) electrons. The van der Waals surface area contributed by atoms with Crippen molar-refractivity contribution in [3.8, 4) is 5.75 Å². The molecule has 0 N–H and O–H groups in total. The Bertz CT molecular complexity index is 541. The Morgan fingerprint density at radius 1 is 1.06 bits per heavy atom. The zero-order valence-corrected chi connectivity index (χ0v) is 9.52. The molecule has 0 bridgehead atoms. The van der Waals surface area contributed by atoms with Crippen molar-refractivity contribution in [3.63, 3.8) is 0 Å². The smallest absolute Gasteiger partial charge is 0.130 e. The predicted molar refractivity (Wildman–Crippen MR) is 69.8 cm³/mol. The summed E-state index contributed by atoms with van der Waals surface area (Å²) < 4.78 is 5.64. The number of hydrogen-bond donors (Lipinski definition) is 0. The van der Waals surface area contributed by atoms with Gasteiger partial charge in [-0.2, -0.15) is 0 Å². The lowest BCUT2D eigenvalue weighted by molar-refractivity contribution is 0.356. The van der Waals surface area contributed by atoms with Gasteiger partial charge in [0.1, 0.15) is 5.75 Å². The first-order valence-electron chi connectivity index (χ1n) is 5.83. The standard InChI is InChI=1S/C16H13O/c1-2-5-13(6-3-1)9-10-14-7-4-8-15-11-12-17-16(14)15/h1-7,9-10H,11-12H2. The van der Waals surface area contributed by atoms with Crippen molar-refractivity contribution in [2.45, 2.75) is 6.42 Å². The molecule has 0 fully saturated rings. The molecule has 1 heterocycles. The van der Waals surface area contributed by atoms with Crippen molar-refractivity contribution in [1.29, 1.82) is 0 Å². The van der Waals surface area contributed by atoms with Crippen LogP contribution in [0.15, 0.2) is 42.5 Å². The second-order valence-electron chi connectivity index (χ2n) is 4.08. The van der Waals surface area contributed by atoms with E-state index in [4.69, 9.17) is 4.74 Å². The van der Waals surface area contributed by atoms with Gasteiger partial charge in [0.2, 0.25) is 0 Å². The summed E-state index contributed by atoms with van der Waals surface area (Å²) in [5, 5.41) is 0. The van der Waals surface area contributed by atoms with E-state index in [0.717, 1.165) is 24.3 Å². The van der Waals surface area contributed by atoms with E-state index in [1.54, 1.807) is 0 Å². The zero-order chi connectivity index (χ0) is 11.5. The normalized spacial score (nSPS) is 13.6. The van der Waals surface area contributed by atoms with E-state index < -0.39 is 0 Å². The summed E-state index contributed by atoms with van der Waals surface area (Å²) in [7, 11) is 0. The summed E-state index contributed by atoms with van der Waals surface area (Å²) in [4.78, 5) is 0. The maximum Gasteiger partial charge on any atom is 0.130 e. The van der Waals surface area contributed by atoms with E-state index in [0.29, 0.717) is 0 Å². The molecule has 0 amide bonds. The lowest BCUT2D eigenvalue weighted by atomic mass is 10.1. The Morgan fingerprint density at radius 2 is 1.94 bits per heavy atom. The molecular weight excluding hydrogens is 208 g/mol. The fraction of sp³-hybridized carbons (Fsp3) is 0.125. The highest BCUT2D eigenvalue weighted by atomic mass is 16.5. The number of benzene rings is 2. The zero-order valence-electron chi connectivity index (χ0n) is 9.52. The third-order valence-corrected chi connectivity index (χ3v) is 2.91. The molecule has 0 unspecified atom stereocenters. The summed E-state index contributed by atoms with van der Waals surface area (Å²) in [5.41, 5.74) is 3.53. The highest BCUT2D eigenvalue weighted by molar-refractivity contribution is 5.73. The van der Waals surface area contributed by atoms with E-state index in [-0.39, 0.29) is 0 Å². The van der Waals surface area contributed by atoms with Gasteiger partial charge in [-0.05, 0) is 11.6 Å². The van der Waals surface area contributed by atoms with Crippen LogP contribution in [-0.2, 0) is 6.42 Å². The molecule has 3 rings (SSSR count). The molecule has 1 nitrogen and oxygen atoms in total. The number of hydrogen-bond acceptors (Lipinski definition) is 1. The van der Waals surface area contributed by atoms with E-state index in [1.807, 2.05) is 30.3 Å². The molecule has 1 aliphatic rings. The predicted octanol–water partition coefficient (Wildman–Crippen LogP) is 3.59. The van der Waals surface area contributed by atoms with Crippen molar-refractivity contribution in [3.05, 3.63) is 65.2 Å². The molecule has 0 aliphatic carbocycles. The van der Waals surface area contributed by atoms with Crippen LogP contribution in [0.3, 0.4) is 0 Å². The monoisotopic (exact) mass is 221 g/mol. The Kier molecular flexibility index (Phi) is 2.66. The van der Waals surface area contributed by atoms with Crippen molar-refractivity contribution in [2.75, 3.05) is 6.61 Å². The maximum atomic E-state index is 5.64. The molecule has 2 aromatic carbocycles. The molecule has 0 aromatic heterocycles. The number of ether oxygens (including phenoxy) is 1. The van der Waals surface area contributed by atoms with Gasteiger partial charge in [-0.3, -0.25) is 0 Å². The quantitative estimate of drug-likeness (QED) is 0.704. The third kappa shape index (κ3) is 2.09. The van der Waals surface area contributed by atoms with Crippen molar-refractivity contribution in [2.24, 2.45) is 0 Å². The van der Waals surface area contributed by atoms with E-state index >= 15 is 0 Å². The van der Waals surface area contributed by atoms with Gasteiger partial charge in [-0.25, -0.2) is 0 Å². The first kappa shape index (κ1) is 10.2. The van der Waals surface area contributed by atoms with Gasteiger partial charge < -0.3 is 4.74 Å². The Balaban J connectivity index is 1.91. The summed E-state index contributed by atoms with van der Waals surface area (Å²) in [6, 6.07) is 17.5. The van der Waals surface area contributed by atoms with Gasteiger partial charge in [0.05, 0.1) is 6.61 Å². The average Bonchev–Trinajstić information content (AvgIpc) is 2.86. The summed E-state index contributed by atoms with van der Waals surface area (Å²) in [6.07, 6.45) is 5.19. The minimum absolute atomic E-state index is 0.780. The summed E-state index contributed by atoms with van der Waals surface area (Å²) >= 11 is 0. The molecule has 0 atom stereocenters. The largest absolute Gasteiger partial charge is 0.492 e. The molecule has 0 saturated carbocycles. The fourth-order valence-corrected chi connectivity index (χ4v) is 2.04. The Labute approximate surface area is 101 Å². The highest BCUT2D eigenvalue weighted by Crippen LogP contribution is 2.30. The molecule has 1 aliphatic heterocycles. The van der Waals surface area contributed by atoms with E-state index in [1.165, 1.54) is 11.1 Å². The van der Waals surface area contributed by atoms with Crippen LogP contribution in [0.25, 0.3) is 12.2 Å². The van der Waals surface area contributed by atoms with Gasteiger partial charge in [0.25, 0.3) is 0 Å². The Hall–Kier alpha value is -2.02. The number of rotatable bonds is 2. The van der Waals surface area contributed by atoms with E-state index in [9.17, 15) is 0 Å². The average molecular weight is 221 g/mol. The SMILES string of the molecule is [c]1ccc(C=Cc2ccccc2)c2c1CCO2. The van der Waals surface area contributed by atoms with Gasteiger partial charge >= 0.3 is 0 Å². The summed E-state index contributed by atoms with van der Waals surface area (Å²) in [5.74, 6) is 1.000. The third-order valence-electron chi connectivity index (χ3n) is 2.91. The molecular formula is C16H13O. The molecule has 0 saturated heterocycles. The second-order valence-corrected chi connectivity index (χ2v) is 4.08. The maximum absolute atomic E-state index is 5.64. The molecule has 1 heteroatoms. The van der Waals surface area contributed by atoms with Crippen LogP contribution in [0.4, 0.5) is 0 Å². The molecule has 2 aromatic rings. The highest BCUT2D eigenvalue weighted by Gasteiger charge is 2.14. The van der Waals surface area contributed by atoms with Crippen LogP contribution >= 0.6 is 0 Å². The molecule has 17 heavy (non-hydrogen) atoms.